The Bertz CT molecular complexity index is 1190. The van der Waals surface area contributed by atoms with Crippen LogP contribution in [0.2, 0.25) is 0 Å². The number of alkyl halides is 3. The van der Waals surface area contributed by atoms with E-state index in [-0.39, 0.29) is 6.54 Å². The van der Waals surface area contributed by atoms with Crippen LogP contribution >= 0.6 is 0 Å². The van der Waals surface area contributed by atoms with Crippen molar-refractivity contribution < 1.29 is 26.8 Å². The number of aromatic nitrogens is 3. The average molecular weight is 416 g/mol. The second-order valence-corrected chi connectivity index (χ2v) is 6.99. The molecule has 154 valence electrons. The Hall–Kier alpha value is -3.56. The smallest absolute Gasteiger partial charge is 0.437 e. The minimum atomic E-state index is -4.81. The largest absolute Gasteiger partial charge is 0.458 e. The fraction of sp³-hybridized carbons (Fsp3) is 0.250. The zero-order valence-corrected chi connectivity index (χ0v) is 15.4. The number of amides is 1. The Morgan fingerprint density at radius 2 is 2.07 bits per heavy atom. The number of para-hydroxylation sites is 1. The predicted molar refractivity (Wildman–Crippen MR) is 97.5 cm³/mol. The summed E-state index contributed by atoms with van der Waals surface area (Å²) >= 11 is 0. The maximum absolute atomic E-state index is 13.3. The molecule has 0 radical (unpaired) electrons. The van der Waals surface area contributed by atoms with Gasteiger partial charge in [-0.1, -0.05) is 18.2 Å². The van der Waals surface area contributed by atoms with Gasteiger partial charge in [-0.2, -0.15) is 13.2 Å². The Balaban J connectivity index is 1.64. The molecule has 0 fully saturated rings. The number of fused-ring (bicyclic) bond motifs is 2. The van der Waals surface area contributed by atoms with E-state index in [1.54, 1.807) is 12.1 Å². The first-order chi connectivity index (χ1) is 14.4. The third kappa shape index (κ3) is 2.95. The van der Waals surface area contributed by atoms with Crippen molar-refractivity contribution in [1.29, 1.82) is 0 Å². The van der Waals surface area contributed by atoms with Gasteiger partial charge in [0, 0.05) is 17.6 Å². The molecule has 1 aliphatic rings. The van der Waals surface area contributed by atoms with E-state index in [1.165, 1.54) is 11.2 Å². The lowest BCUT2D eigenvalue weighted by molar-refractivity contribution is -0.141. The Labute approximate surface area is 167 Å². The molecular weight excluding hydrogens is 401 g/mol. The number of nitrogens with one attached hydrogen (secondary N) is 1. The number of oxazole rings is 1. The number of rotatable bonds is 2. The van der Waals surface area contributed by atoms with Crippen LogP contribution < -0.4 is 0 Å². The van der Waals surface area contributed by atoms with Crippen LogP contribution in [0, 0.1) is 0 Å². The Morgan fingerprint density at radius 1 is 1.23 bits per heavy atom. The first-order valence-electron chi connectivity index (χ1n) is 9.26. The molecule has 3 aromatic heterocycles. The lowest BCUT2D eigenvalue weighted by atomic mass is 10.1. The number of imidazole rings is 1. The molecule has 0 saturated heterocycles. The third-order valence-corrected chi connectivity index (χ3v) is 5.15. The van der Waals surface area contributed by atoms with Crippen molar-refractivity contribution in [2.45, 2.75) is 25.1 Å². The number of aromatic amines is 1. The molecular formula is C20H15F3N4O3. The molecule has 1 atom stereocenters. The molecule has 1 N–H and O–H groups in total. The predicted octanol–water partition coefficient (Wildman–Crippen LogP) is 4.34. The first-order valence-corrected chi connectivity index (χ1v) is 9.26. The SMILES string of the molecule is O=C(c1ocnc1C(F)(F)F)N1CCCc2[nH]cnc2[C@H]1c1cc2ccccc2o1. The standard InChI is InChI=1S/C20H15F3N4O3/c21-20(22,23)18-17(29-10-26-18)19(28)27-7-3-5-12-15(25-9-24-12)16(27)14-8-11-4-1-2-6-13(11)30-14/h1-2,4,6,8-10,16H,3,5,7H2,(H,24,25)/t16-/m1/s1. The van der Waals surface area contributed by atoms with Crippen molar-refractivity contribution in [2.24, 2.45) is 0 Å². The molecule has 4 heterocycles. The van der Waals surface area contributed by atoms with E-state index in [0.717, 1.165) is 11.1 Å². The van der Waals surface area contributed by atoms with Crippen molar-refractivity contribution in [2.75, 3.05) is 6.54 Å². The number of benzene rings is 1. The van der Waals surface area contributed by atoms with Crippen molar-refractivity contribution in [3.8, 4) is 0 Å². The van der Waals surface area contributed by atoms with E-state index in [1.807, 2.05) is 18.2 Å². The van der Waals surface area contributed by atoms with E-state index in [2.05, 4.69) is 15.0 Å². The van der Waals surface area contributed by atoms with Crippen LogP contribution in [-0.2, 0) is 12.6 Å². The summed E-state index contributed by atoms with van der Waals surface area (Å²) < 4.78 is 50.8. The number of nitrogens with zero attached hydrogens (tertiary/aromatic N) is 3. The highest BCUT2D eigenvalue weighted by atomic mass is 19.4. The van der Waals surface area contributed by atoms with Gasteiger partial charge in [0.1, 0.15) is 17.4 Å². The summed E-state index contributed by atoms with van der Waals surface area (Å²) in [4.78, 5) is 25.1. The lowest BCUT2D eigenvalue weighted by Gasteiger charge is -2.27. The Morgan fingerprint density at radius 3 is 2.87 bits per heavy atom. The highest BCUT2D eigenvalue weighted by molar-refractivity contribution is 5.93. The van der Waals surface area contributed by atoms with Crippen LogP contribution in [0.3, 0.4) is 0 Å². The zero-order valence-electron chi connectivity index (χ0n) is 15.4. The molecule has 5 rings (SSSR count). The summed E-state index contributed by atoms with van der Waals surface area (Å²) in [6, 6.07) is 8.27. The molecule has 1 amide bonds. The molecule has 10 heteroatoms. The maximum atomic E-state index is 13.3. The first kappa shape index (κ1) is 18.5. The topological polar surface area (TPSA) is 88.2 Å². The zero-order chi connectivity index (χ0) is 20.9. The fourth-order valence-electron chi connectivity index (χ4n) is 3.84. The van der Waals surface area contributed by atoms with Crippen LogP contribution in [-0.4, -0.2) is 32.3 Å². The molecule has 0 saturated carbocycles. The molecule has 30 heavy (non-hydrogen) atoms. The van der Waals surface area contributed by atoms with Crippen LogP contribution in [0.4, 0.5) is 13.2 Å². The van der Waals surface area contributed by atoms with Crippen LogP contribution in [0.5, 0.6) is 0 Å². The molecule has 0 unspecified atom stereocenters. The fourth-order valence-corrected chi connectivity index (χ4v) is 3.84. The normalized spacial score (nSPS) is 17.2. The summed E-state index contributed by atoms with van der Waals surface area (Å²) in [5.41, 5.74) is 0.608. The summed E-state index contributed by atoms with van der Waals surface area (Å²) in [7, 11) is 0. The highest BCUT2D eigenvalue weighted by Crippen LogP contribution is 2.38. The molecule has 4 aromatic rings. The quantitative estimate of drug-likeness (QED) is 0.525. The monoisotopic (exact) mass is 416 g/mol. The van der Waals surface area contributed by atoms with Gasteiger partial charge in [0.2, 0.25) is 5.76 Å². The number of halogens is 3. The number of carbonyl (C=O) groups excluding carboxylic acids is 1. The number of aryl methyl sites for hydroxylation is 1. The van der Waals surface area contributed by atoms with Gasteiger partial charge in [0.15, 0.2) is 12.1 Å². The molecule has 1 aliphatic heterocycles. The van der Waals surface area contributed by atoms with E-state index < -0.39 is 29.6 Å². The summed E-state index contributed by atoms with van der Waals surface area (Å²) in [5, 5.41) is 0.817. The second kappa shape index (κ2) is 6.75. The third-order valence-electron chi connectivity index (χ3n) is 5.15. The summed E-state index contributed by atoms with van der Waals surface area (Å²) in [6.45, 7) is 0.197. The number of hydrogen-bond acceptors (Lipinski definition) is 5. The molecule has 0 bridgehead atoms. The van der Waals surface area contributed by atoms with Gasteiger partial charge in [-0.15, -0.1) is 0 Å². The van der Waals surface area contributed by atoms with Crippen LogP contribution in [0.15, 0.2) is 51.9 Å². The summed E-state index contributed by atoms with van der Waals surface area (Å²) in [6.07, 6.45) is -1.55. The van der Waals surface area contributed by atoms with Crippen LogP contribution in [0.1, 0.15) is 45.9 Å². The number of hydrogen-bond donors (Lipinski definition) is 1. The minimum absolute atomic E-state index is 0.197. The maximum Gasteiger partial charge on any atom is 0.437 e. The van der Waals surface area contributed by atoms with Gasteiger partial charge >= 0.3 is 6.18 Å². The Kier molecular flexibility index (Phi) is 4.16. The number of H-pyrrole nitrogens is 1. The van der Waals surface area contributed by atoms with Gasteiger partial charge in [0.25, 0.3) is 5.91 Å². The number of furan rings is 1. The van der Waals surface area contributed by atoms with Gasteiger partial charge < -0.3 is 18.7 Å². The van der Waals surface area contributed by atoms with Gasteiger partial charge in [-0.05, 0) is 25.0 Å². The second-order valence-electron chi connectivity index (χ2n) is 6.99. The molecule has 0 spiro atoms. The van der Waals surface area contributed by atoms with E-state index in [4.69, 9.17) is 8.83 Å². The van der Waals surface area contributed by atoms with Crippen molar-refractivity contribution in [3.63, 3.8) is 0 Å². The van der Waals surface area contributed by atoms with Gasteiger partial charge in [0.05, 0.1) is 12.0 Å². The van der Waals surface area contributed by atoms with Crippen molar-refractivity contribution in [1.82, 2.24) is 19.9 Å². The van der Waals surface area contributed by atoms with E-state index >= 15 is 0 Å². The van der Waals surface area contributed by atoms with Crippen molar-refractivity contribution in [3.05, 3.63) is 71.7 Å². The number of carbonyl (C=O) groups is 1. The van der Waals surface area contributed by atoms with Gasteiger partial charge in [-0.3, -0.25) is 4.79 Å². The molecule has 0 aliphatic carbocycles. The van der Waals surface area contributed by atoms with Crippen molar-refractivity contribution >= 4 is 16.9 Å². The highest BCUT2D eigenvalue weighted by Gasteiger charge is 2.43. The minimum Gasteiger partial charge on any atom is -0.458 e. The van der Waals surface area contributed by atoms with Gasteiger partial charge in [-0.25, -0.2) is 9.97 Å². The molecule has 1 aromatic carbocycles. The average Bonchev–Trinajstić information content (AvgIpc) is 3.44. The van der Waals surface area contributed by atoms with E-state index in [0.29, 0.717) is 36.3 Å². The lowest BCUT2D eigenvalue weighted by Crippen LogP contribution is -2.36. The van der Waals surface area contributed by atoms with E-state index in [9.17, 15) is 18.0 Å². The van der Waals surface area contributed by atoms with Crippen LogP contribution in [0.25, 0.3) is 11.0 Å². The molecule has 7 nitrogen and oxygen atoms in total. The summed E-state index contributed by atoms with van der Waals surface area (Å²) in [5.74, 6) is -1.35.